The minimum absolute atomic E-state index is 0.0336. The lowest BCUT2D eigenvalue weighted by molar-refractivity contribution is -0.123. The molecule has 3 aliphatic heterocycles. The van der Waals surface area contributed by atoms with Crippen molar-refractivity contribution < 1.29 is 4.79 Å². The van der Waals surface area contributed by atoms with Crippen LogP contribution in [0, 0.1) is 5.41 Å². The van der Waals surface area contributed by atoms with Crippen LogP contribution in [-0.2, 0) is 4.79 Å². The molecule has 2 atom stereocenters. The van der Waals surface area contributed by atoms with Gasteiger partial charge >= 0.3 is 0 Å². The van der Waals surface area contributed by atoms with Crippen LogP contribution >= 0.6 is 8.58 Å². The Kier molecular flexibility index (Phi) is 5.79. The third-order valence-electron chi connectivity index (χ3n) is 5.76. The van der Waals surface area contributed by atoms with Gasteiger partial charge in [0.05, 0.1) is 5.78 Å². The zero-order valence-electron chi connectivity index (χ0n) is 16.9. The van der Waals surface area contributed by atoms with Crippen molar-refractivity contribution in [2.24, 2.45) is 0 Å². The van der Waals surface area contributed by atoms with Gasteiger partial charge < -0.3 is 15.6 Å². The minimum Gasteiger partial charge on any atom is -0.388 e. The van der Waals surface area contributed by atoms with E-state index in [0.29, 0.717) is 8.58 Å². The first-order valence-electron chi connectivity index (χ1n) is 10.1. The molecule has 0 saturated carbocycles. The molecule has 0 bridgehead atoms. The standard InChI is InChI=1S/C23H27N4OP/c1-3-26-10-8-16(9-11-26)18-5-7-23-27(15-18)22(28)13-21(29-23)17-4-6-20(25-2)19(12-17)14-24/h4-8,12-15,23-25,29H,3,9-11H2,1-2H3. The highest BCUT2D eigenvalue weighted by atomic mass is 31.1. The molecule has 1 aromatic rings. The summed E-state index contributed by atoms with van der Waals surface area (Å²) in [5.74, 6) is 0.112. The molecule has 0 saturated heterocycles. The monoisotopic (exact) mass is 406 g/mol. The number of benzene rings is 1. The van der Waals surface area contributed by atoms with E-state index < -0.39 is 0 Å². The quantitative estimate of drug-likeness (QED) is 0.574. The van der Waals surface area contributed by atoms with Crippen LogP contribution in [0.4, 0.5) is 5.69 Å². The van der Waals surface area contributed by atoms with Crippen LogP contribution in [0.2, 0.25) is 0 Å². The van der Waals surface area contributed by atoms with Crippen molar-refractivity contribution >= 4 is 31.7 Å². The maximum Gasteiger partial charge on any atom is 0.252 e. The summed E-state index contributed by atoms with van der Waals surface area (Å²) in [6, 6.07) is 5.99. The summed E-state index contributed by atoms with van der Waals surface area (Å²) >= 11 is 0. The highest BCUT2D eigenvalue weighted by Crippen LogP contribution is 2.45. The number of allylic oxidation sites excluding steroid dienone is 2. The first kappa shape index (κ1) is 19.8. The summed E-state index contributed by atoms with van der Waals surface area (Å²) in [7, 11) is 2.34. The first-order valence-corrected chi connectivity index (χ1v) is 11.2. The average molecular weight is 406 g/mol. The fourth-order valence-corrected chi connectivity index (χ4v) is 5.35. The van der Waals surface area contributed by atoms with Gasteiger partial charge in [-0.3, -0.25) is 9.69 Å². The summed E-state index contributed by atoms with van der Waals surface area (Å²) in [5, 5.41) is 11.8. The number of fused-ring (bicyclic) bond motifs is 1. The van der Waals surface area contributed by atoms with Gasteiger partial charge in [0.1, 0.15) is 0 Å². The zero-order chi connectivity index (χ0) is 20.4. The number of nitrogens with zero attached hydrogens (tertiary/aromatic N) is 2. The van der Waals surface area contributed by atoms with E-state index in [4.69, 9.17) is 5.41 Å². The van der Waals surface area contributed by atoms with E-state index in [2.05, 4.69) is 35.4 Å². The SMILES string of the molecule is CCN1CC=C(C2=CN3C(=O)C=C(c4ccc(NC)c(C=N)c4)PC3C=C2)CC1. The number of carbonyl (C=O) groups is 1. The number of amides is 1. The molecule has 3 aliphatic rings. The average Bonchev–Trinajstić information content (AvgIpc) is 2.78. The van der Waals surface area contributed by atoms with E-state index >= 15 is 0 Å². The molecule has 4 rings (SSSR count). The van der Waals surface area contributed by atoms with E-state index in [1.54, 1.807) is 6.08 Å². The van der Waals surface area contributed by atoms with Crippen molar-refractivity contribution in [3.8, 4) is 0 Å². The fraction of sp³-hybridized carbons (Fsp3) is 0.304. The Bertz CT molecular complexity index is 960. The number of nitrogens with one attached hydrogen (secondary N) is 2. The van der Waals surface area contributed by atoms with Crippen LogP contribution in [0.15, 0.2) is 59.8 Å². The van der Waals surface area contributed by atoms with Crippen LogP contribution in [0.5, 0.6) is 0 Å². The van der Waals surface area contributed by atoms with Gasteiger partial charge in [0, 0.05) is 49.9 Å². The zero-order valence-corrected chi connectivity index (χ0v) is 17.9. The molecule has 2 unspecified atom stereocenters. The van der Waals surface area contributed by atoms with E-state index in [0.717, 1.165) is 53.8 Å². The maximum absolute atomic E-state index is 12.9. The van der Waals surface area contributed by atoms with Crippen LogP contribution < -0.4 is 5.32 Å². The number of hydrogen-bond donors (Lipinski definition) is 2. The highest BCUT2D eigenvalue weighted by Gasteiger charge is 2.29. The molecule has 1 amide bonds. The first-order chi connectivity index (χ1) is 14.1. The Morgan fingerprint density at radius 3 is 2.93 bits per heavy atom. The summed E-state index contributed by atoms with van der Waals surface area (Å²) in [6.45, 7) is 5.33. The Morgan fingerprint density at radius 1 is 1.38 bits per heavy atom. The molecule has 3 heterocycles. The fourth-order valence-electron chi connectivity index (χ4n) is 3.97. The Hall–Kier alpha value is -2.49. The molecular formula is C23H27N4OP. The predicted molar refractivity (Wildman–Crippen MR) is 123 cm³/mol. The number of hydrogen-bond acceptors (Lipinski definition) is 4. The molecule has 0 spiro atoms. The summed E-state index contributed by atoms with van der Waals surface area (Å²) in [4.78, 5) is 17.2. The lowest BCUT2D eigenvalue weighted by Gasteiger charge is -2.35. The number of carbonyl (C=O) groups excluding carboxylic acids is 1. The normalized spacial score (nSPS) is 22.7. The van der Waals surface area contributed by atoms with Crippen molar-refractivity contribution in [2.45, 2.75) is 19.1 Å². The number of rotatable bonds is 5. The van der Waals surface area contributed by atoms with Crippen molar-refractivity contribution in [2.75, 3.05) is 32.0 Å². The van der Waals surface area contributed by atoms with Crippen LogP contribution in [0.1, 0.15) is 24.5 Å². The van der Waals surface area contributed by atoms with Gasteiger partial charge in [-0.05, 0) is 47.1 Å². The second-order valence-electron chi connectivity index (χ2n) is 7.41. The van der Waals surface area contributed by atoms with Gasteiger partial charge in [0.2, 0.25) is 0 Å². The summed E-state index contributed by atoms with van der Waals surface area (Å²) in [5.41, 5.74) is 5.28. The number of anilines is 1. The molecule has 0 aliphatic carbocycles. The maximum atomic E-state index is 12.9. The van der Waals surface area contributed by atoms with Crippen molar-refractivity contribution in [3.63, 3.8) is 0 Å². The molecule has 5 nitrogen and oxygen atoms in total. The third-order valence-corrected chi connectivity index (χ3v) is 7.27. The van der Waals surface area contributed by atoms with Gasteiger partial charge in [-0.2, -0.15) is 0 Å². The van der Waals surface area contributed by atoms with Gasteiger partial charge in [-0.15, -0.1) is 0 Å². The third kappa shape index (κ3) is 3.98. The largest absolute Gasteiger partial charge is 0.388 e. The Balaban J connectivity index is 1.57. The Labute approximate surface area is 174 Å². The van der Waals surface area contributed by atoms with E-state index in [9.17, 15) is 4.79 Å². The van der Waals surface area contributed by atoms with Crippen LogP contribution in [0.3, 0.4) is 0 Å². The van der Waals surface area contributed by atoms with Gasteiger partial charge in [0.15, 0.2) is 0 Å². The highest BCUT2D eigenvalue weighted by molar-refractivity contribution is 7.51. The van der Waals surface area contributed by atoms with Crippen LogP contribution in [0.25, 0.3) is 5.31 Å². The van der Waals surface area contributed by atoms with Crippen molar-refractivity contribution in [1.82, 2.24) is 9.80 Å². The van der Waals surface area contributed by atoms with E-state index in [-0.39, 0.29) is 11.7 Å². The summed E-state index contributed by atoms with van der Waals surface area (Å²) in [6.07, 6.45) is 12.8. The second-order valence-corrected chi connectivity index (χ2v) is 8.82. The van der Waals surface area contributed by atoms with Crippen molar-refractivity contribution in [3.05, 3.63) is 71.0 Å². The Morgan fingerprint density at radius 2 is 2.24 bits per heavy atom. The van der Waals surface area contributed by atoms with Crippen LogP contribution in [-0.4, -0.2) is 54.4 Å². The van der Waals surface area contributed by atoms with Gasteiger partial charge in [-0.25, -0.2) is 0 Å². The predicted octanol–water partition coefficient (Wildman–Crippen LogP) is 4.02. The molecule has 150 valence electrons. The molecule has 6 heteroatoms. The minimum atomic E-state index is 0.0336. The number of likely N-dealkylation sites (N-methyl/N-ethyl adjacent to an activating group) is 1. The van der Waals surface area contributed by atoms with E-state index in [1.807, 2.05) is 36.3 Å². The molecule has 0 aromatic heterocycles. The van der Waals surface area contributed by atoms with Gasteiger partial charge in [-0.1, -0.05) is 39.8 Å². The topological polar surface area (TPSA) is 59.4 Å². The summed E-state index contributed by atoms with van der Waals surface area (Å²) < 4.78 is 0. The molecule has 0 radical (unpaired) electrons. The molecule has 0 fully saturated rings. The molecular weight excluding hydrogens is 379 g/mol. The lowest BCUT2D eigenvalue weighted by atomic mass is 9.98. The van der Waals surface area contributed by atoms with E-state index in [1.165, 1.54) is 11.8 Å². The molecule has 2 N–H and O–H groups in total. The lowest BCUT2D eigenvalue weighted by Crippen LogP contribution is -2.36. The smallest absolute Gasteiger partial charge is 0.252 e. The molecule has 29 heavy (non-hydrogen) atoms. The molecule has 1 aromatic carbocycles. The van der Waals surface area contributed by atoms with Gasteiger partial charge in [0.25, 0.3) is 5.91 Å². The van der Waals surface area contributed by atoms with Crippen molar-refractivity contribution in [1.29, 1.82) is 5.41 Å². The second kappa shape index (κ2) is 8.48.